The zero-order valence-corrected chi connectivity index (χ0v) is 11.3. The van der Waals surface area contributed by atoms with E-state index in [2.05, 4.69) is 12.2 Å². The van der Waals surface area contributed by atoms with Crippen molar-refractivity contribution < 1.29 is 9.53 Å². The largest absolute Gasteiger partial charge is 0.392 e. The average molecular weight is 246 g/mol. The van der Waals surface area contributed by atoms with Crippen molar-refractivity contribution in [3.8, 4) is 0 Å². The number of ether oxygens (including phenoxy) is 1. The van der Waals surface area contributed by atoms with Gasteiger partial charge in [0.1, 0.15) is 0 Å². The second-order valence-electron chi connectivity index (χ2n) is 4.40. The molecule has 0 radical (unpaired) electrons. The summed E-state index contributed by atoms with van der Waals surface area (Å²) in [6, 6.07) is 0.0242. The van der Waals surface area contributed by atoms with Gasteiger partial charge in [-0.05, 0) is 20.3 Å². The maximum absolute atomic E-state index is 11.9. The van der Waals surface area contributed by atoms with Crippen molar-refractivity contribution >= 4 is 23.1 Å². The van der Waals surface area contributed by atoms with E-state index in [1.807, 2.05) is 0 Å². The normalized spacial score (nSPS) is 13.2. The lowest BCUT2D eigenvalue weighted by molar-refractivity contribution is -0.127. The Bertz CT molecular complexity index is 248. The standard InChI is InChI=1S/C11H22N2O2S/c1-5-6-8(7-15-4)13-10(14)11(2,3)9(12)16/h8H,5-7H2,1-4H3,(H2,12,16)(H,13,14). The Kier molecular flexibility index (Phi) is 6.52. The van der Waals surface area contributed by atoms with Gasteiger partial charge in [-0.3, -0.25) is 4.79 Å². The highest BCUT2D eigenvalue weighted by atomic mass is 32.1. The van der Waals surface area contributed by atoms with Crippen LogP contribution < -0.4 is 11.1 Å². The number of carbonyl (C=O) groups excluding carboxylic acids is 1. The van der Waals surface area contributed by atoms with Gasteiger partial charge >= 0.3 is 0 Å². The van der Waals surface area contributed by atoms with Gasteiger partial charge < -0.3 is 15.8 Å². The fourth-order valence-electron chi connectivity index (χ4n) is 1.22. The first kappa shape index (κ1) is 15.3. The molecule has 3 N–H and O–H groups in total. The summed E-state index contributed by atoms with van der Waals surface area (Å²) in [5.74, 6) is -0.143. The number of hydrogen-bond donors (Lipinski definition) is 2. The molecule has 94 valence electrons. The second-order valence-corrected chi connectivity index (χ2v) is 4.84. The molecule has 0 bridgehead atoms. The Labute approximate surface area is 103 Å². The highest BCUT2D eigenvalue weighted by molar-refractivity contribution is 7.80. The predicted molar refractivity (Wildman–Crippen MR) is 69.3 cm³/mol. The molecule has 0 aromatic carbocycles. The van der Waals surface area contributed by atoms with Crippen LogP contribution >= 0.6 is 12.2 Å². The first-order chi connectivity index (χ1) is 7.36. The minimum absolute atomic E-state index is 0.0242. The van der Waals surface area contributed by atoms with Crippen molar-refractivity contribution in [2.75, 3.05) is 13.7 Å². The fourth-order valence-corrected chi connectivity index (χ4v) is 1.32. The van der Waals surface area contributed by atoms with Crippen molar-refractivity contribution in [2.45, 2.75) is 39.7 Å². The molecule has 0 spiro atoms. The summed E-state index contributed by atoms with van der Waals surface area (Å²) in [5.41, 5.74) is 4.72. The summed E-state index contributed by atoms with van der Waals surface area (Å²) in [4.78, 5) is 12.1. The molecule has 0 aliphatic heterocycles. The van der Waals surface area contributed by atoms with Crippen LogP contribution in [0.25, 0.3) is 0 Å². The summed E-state index contributed by atoms with van der Waals surface area (Å²) < 4.78 is 5.05. The van der Waals surface area contributed by atoms with Gasteiger partial charge in [-0.15, -0.1) is 0 Å². The number of nitrogens with one attached hydrogen (secondary N) is 1. The summed E-state index contributed by atoms with van der Waals surface area (Å²) >= 11 is 4.88. The smallest absolute Gasteiger partial charge is 0.232 e. The number of carbonyl (C=O) groups is 1. The van der Waals surface area contributed by atoms with Gasteiger partial charge in [0, 0.05) is 7.11 Å². The second kappa shape index (κ2) is 6.81. The van der Waals surface area contributed by atoms with Crippen LogP contribution in [0.3, 0.4) is 0 Å². The Morgan fingerprint density at radius 2 is 2.12 bits per heavy atom. The average Bonchev–Trinajstić information content (AvgIpc) is 2.18. The third kappa shape index (κ3) is 4.45. The topological polar surface area (TPSA) is 64.3 Å². The first-order valence-electron chi connectivity index (χ1n) is 5.46. The van der Waals surface area contributed by atoms with E-state index >= 15 is 0 Å². The molecule has 0 aliphatic carbocycles. The monoisotopic (exact) mass is 246 g/mol. The number of methoxy groups -OCH3 is 1. The SMILES string of the molecule is CCCC(COC)NC(=O)C(C)(C)C(N)=S. The van der Waals surface area contributed by atoms with Crippen molar-refractivity contribution in [1.82, 2.24) is 5.32 Å². The van der Waals surface area contributed by atoms with Gasteiger partial charge in [-0.25, -0.2) is 0 Å². The van der Waals surface area contributed by atoms with Gasteiger partial charge in [0.25, 0.3) is 0 Å². The van der Waals surface area contributed by atoms with E-state index in [1.165, 1.54) is 0 Å². The number of amides is 1. The van der Waals surface area contributed by atoms with Crippen LogP contribution in [-0.2, 0) is 9.53 Å². The molecule has 0 rings (SSSR count). The van der Waals surface area contributed by atoms with Crippen LogP contribution in [0.5, 0.6) is 0 Å². The maximum atomic E-state index is 11.9. The van der Waals surface area contributed by atoms with Gasteiger partial charge in [-0.1, -0.05) is 25.6 Å². The van der Waals surface area contributed by atoms with Gasteiger partial charge in [0.15, 0.2) is 0 Å². The molecular weight excluding hydrogens is 224 g/mol. The first-order valence-corrected chi connectivity index (χ1v) is 5.86. The Morgan fingerprint density at radius 1 is 1.56 bits per heavy atom. The molecule has 1 atom stereocenters. The molecule has 5 heteroatoms. The van der Waals surface area contributed by atoms with Crippen LogP contribution in [0, 0.1) is 5.41 Å². The van der Waals surface area contributed by atoms with E-state index in [9.17, 15) is 4.79 Å². The molecule has 0 saturated heterocycles. The van der Waals surface area contributed by atoms with E-state index in [0.717, 1.165) is 12.8 Å². The zero-order valence-electron chi connectivity index (χ0n) is 10.5. The Morgan fingerprint density at radius 3 is 2.50 bits per heavy atom. The van der Waals surface area contributed by atoms with Crippen LogP contribution in [0.1, 0.15) is 33.6 Å². The van der Waals surface area contributed by atoms with E-state index in [0.29, 0.717) is 6.61 Å². The van der Waals surface area contributed by atoms with Crippen LogP contribution in [0.15, 0.2) is 0 Å². The predicted octanol–water partition coefficient (Wildman–Crippen LogP) is 1.23. The molecular formula is C11H22N2O2S. The van der Waals surface area contributed by atoms with Crippen molar-refractivity contribution in [1.29, 1.82) is 0 Å². The molecule has 1 unspecified atom stereocenters. The van der Waals surface area contributed by atoms with E-state index in [1.54, 1.807) is 21.0 Å². The minimum Gasteiger partial charge on any atom is -0.392 e. The third-order valence-corrected chi connectivity index (χ3v) is 3.03. The molecule has 16 heavy (non-hydrogen) atoms. The number of nitrogens with two attached hydrogens (primary N) is 1. The molecule has 1 amide bonds. The molecule has 0 saturated carbocycles. The van der Waals surface area contributed by atoms with Crippen molar-refractivity contribution in [3.05, 3.63) is 0 Å². The van der Waals surface area contributed by atoms with Gasteiger partial charge in [-0.2, -0.15) is 0 Å². The highest BCUT2D eigenvalue weighted by Gasteiger charge is 2.32. The lowest BCUT2D eigenvalue weighted by Gasteiger charge is -2.26. The molecule has 0 aromatic heterocycles. The summed E-state index contributed by atoms with van der Waals surface area (Å²) in [5, 5.41) is 2.91. The van der Waals surface area contributed by atoms with E-state index in [4.69, 9.17) is 22.7 Å². The van der Waals surface area contributed by atoms with Crippen LogP contribution in [0.2, 0.25) is 0 Å². The minimum atomic E-state index is -0.810. The molecule has 0 fully saturated rings. The lowest BCUT2D eigenvalue weighted by atomic mass is 9.92. The van der Waals surface area contributed by atoms with Gasteiger partial charge in [0.2, 0.25) is 5.91 Å². The van der Waals surface area contributed by atoms with Gasteiger partial charge in [0.05, 0.1) is 23.1 Å². The molecule has 0 heterocycles. The van der Waals surface area contributed by atoms with Crippen molar-refractivity contribution in [3.63, 3.8) is 0 Å². The summed E-state index contributed by atoms with van der Waals surface area (Å²) in [6.45, 7) is 6.02. The van der Waals surface area contributed by atoms with E-state index < -0.39 is 5.41 Å². The fraction of sp³-hybridized carbons (Fsp3) is 0.818. The number of thiocarbonyl (C=S) groups is 1. The number of rotatable bonds is 7. The number of hydrogen-bond acceptors (Lipinski definition) is 3. The quantitative estimate of drug-likeness (QED) is 0.663. The zero-order chi connectivity index (χ0) is 12.8. The Hall–Kier alpha value is -0.680. The summed E-state index contributed by atoms with van der Waals surface area (Å²) in [6.07, 6.45) is 1.87. The third-order valence-electron chi connectivity index (χ3n) is 2.52. The van der Waals surface area contributed by atoms with Crippen LogP contribution in [-0.4, -0.2) is 30.7 Å². The van der Waals surface area contributed by atoms with Crippen molar-refractivity contribution in [2.24, 2.45) is 11.1 Å². The maximum Gasteiger partial charge on any atom is 0.232 e. The molecule has 0 aliphatic rings. The van der Waals surface area contributed by atoms with Crippen LogP contribution in [0.4, 0.5) is 0 Å². The summed E-state index contributed by atoms with van der Waals surface area (Å²) in [7, 11) is 1.62. The Balaban J connectivity index is 4.44. The highest BCUT2D eigenvalue weighted by Crippen LogP contribution is 2.16. The molecule has 4 nitrogen and oxygen atoms in total. The lowest BCUT2D eigenvalue weighted by Crippen LogP contribution is -2.49. The molecule has 0 aromatic rings. The van der Waals surface area contributed by atoms with E-state index in [-0.39, 0.29) is 16.9 Å².